The lowest BCUT2D eigenvalue weighted by Crippen LogP contribution is -1.97. The minimum Gasteiger partial charge on any atom is -0.0890 e. The molecule has 0 N–H and O–H groups in total. The van der Waals surface area contributed by atoms with E-state index < -0.39 is 0 Å². The normalized spacial score (nSPS) is 13.0. The van der Waals surface area contributed by atoms with Crippen LogP contribution in [0, 0.1) is 0 Å². The Bertz CT molecular complexity index is 251. The summed E-state index contributed by atoms with van der Waals surface area (Å²) < 4.78 is 0. The van der Waals surface area contributed by atoms with Gasteiger partial charge in [-0.15, -0.1) is 0 Å². The molecule has 1 aromatic carbocycles. The van der Waals surface area contributed by atoms with Gasteiger partial charge in [-0.1, -0.05) is 52.1 Å². The number of hydrogen-bond acceptors (Lipinski definition) is 0. The zero-order valence-electron chi connectivity index (χ0n) is 6.65. The standard InChI is InChI=1S/C9H9BrCl2/c1-6(10)5-7-8(11)3-2-4-9(7)12/h2-4,6H,5H2,1H3. The molecule has 3 heteroatoms. The van der Waals surface area contributed by atoms with Gasteiger partial charge in [-0.05, 0) is 24.1 Å². The molecule has 1 unspecified atom stereocenters. The molecule has 0 radical (unpaired) electrons. The van der Waals surface area contributed by atoms with Gasteiger partial charge in [-0.3, -0.25) is 0 Å². The molecule has 1 aromatic rings. The van der Waals surface area contributed by atoms with Crippen molar-refractivity contribution in [1.29, 1.82) is 0 Å². The van der Waals surface area contributed by atoms with Crippen LogP contribution in [0.4, 0.5) is 0 Å². The third-order valence-electron chi connectivity index (χ3n) is 1.55. The Hall–Kier alpha value is 0.280. The molecule has 0 aromatic heterocycles. The summed E-state index contributed by atoms with van der Waals surface area (Å²) in [6, 6.07) is 5.57. The molecule has 1 rings (SSSR count). The molecule has 0 fully saturated rings. The van der Waals surface area contributed by atoms with Gasteiger partial charge < -0.3 is 0 Å². The van der Waals surface area contributed by atoms with Crippen molar-refractivity contribution in [3.05, 3.63) is 33.8 Å². The summed E-state index contributed by atoms with van der Waals surface area (Å²) >= 11 is 15.4. The molecule has 0 bridgehead atoms. The second-order valence-corrected chi connectivity index (χ2v) is 5.06. The first kappa shape index (κ1) is 10.4. The number of rotatable bonds is 2. The van der Waals surface area contributed by atoms with Crippen molar-refractivity contribution < 1.29 is 0 Å². The van der Waals surface area contributed by atoms with Gasteiger partial charge in [-0.2, -0.15) is 0 Å². The van der Waals surface area contributed by atoms with E-state index in [1.807, 2.05) is 18.2 Å². The summed E-state index contributed by atoms with van der Waals surface area (Å²) in [5, 5.41) is 1.49. The molecule has 1 atom stereocenters. The second-order valence-electron chi connectivity index (χ2n) is 2.69. The van der Waals surface area contributed by atoms with Crippen LogP contribution in [-0.4, -0.2) is 4.83 Å². The molecule has 0 aliphatic rings. The molecular weight excluding hydrogens is 259 g/mol. The van der Waals surface area contributed by atoms with Gasteiger partial charge in [0.1, 0.15) is 0 Å². The Morgan fingerprint density at radius 1 is 1.33 bits per heavy atom. The van der Waals surface area contributed by atoms with Gasteiger partial charge in [0.15, 0.2) is 0 Å². The maximum absolute atomic E-state index is 5.97. The molecule has 0 aliphatic carbocycles. The minimum atomic E-state index is 0.398. The first-order chi connectivity index (χ1) is 5.61. The van der Waals surface area contributed by atoms with E-state index >= 15 is 0 Å². The van der Waals surface area contributed by atoms with E-state index in [1.54, 1.807) is 0 Å². The summed E-state index contributed by atoms with van der Waals surface area (Å²) in [6.45, 7) is 2.07. The Kier molecular flexibility index (Phi) is 3.88. The molecule has 0 saturated heterocycles. The third kappa shape index (κ3) is 2.65. The smallest absolute Gasteiger partial charge is 0.0453 e. The van der Waals surface area contributed by atoms with Crippen molar-refractivity contribution in [3.8, 4) is 0 Å². The van der Waals surface area contributed by atoms with Gasteiger partial charge in [0.2, 0.25) is 0 Å². The molecule has 0 amide bonds. The van der Waals surface area contributed by atoms with Crippen LogP contribution in [0.25, 0.3) is 0 Å². The lowest BCUT2D eigenvalue weighted by molar-refractivity contribution is 0.960. The monoisotopic (exact) mass is 266 g/mol. The lowest BCUT2D eigenvalue weighted by atomic mass is 10.1. The van der Waals surface area contributed by atoms with Crippen LogP contribution in [-0.2, 0) is 6.42 Å². The molecular formula is C9H9BrCl2. The van der Waals surface area contributed by atoms with Gasteiger partial charge in [-0.25, -0.2) is 0 Å². The van der Waals surface area contributed by atoms with Crippen molar-refractivity contribution in [1.82, 2.24) is 0 Å². The fraction of sp³-hybridized carbons (Fsp3) is 0.333. The Labute approximate surface area is 91.0 Å². The van der Waals surface area contributed by atoms with Gasteiger partial charge in [0.05, 0.1) is 0 Å². The van der Waals surface area contributed by atoms with E-state index in [9.17, 15) is 0 Å². The average Bonchev–Trinajstić information content (AvgIpc) is 1.97. The first-order valence-corrected chi connectivity index (χ1v) is 5.35. The van der Waals surface area contributed by atoms with E-state index in [-0.39, 0.29) is 0 Å². The molecule has 0 nitrogen and oxygen atoms in total. The third-order valence-corrected chi connectivity index (χ3v) is 2.58. The fourth-order valence-electron chi connectivity index (χ4n) is 1.01. The van der Waals surface area contributed by atoms with Crippen LogP contribution in [0.1, 0.15) is 12.5 Å². The van der Waals surface area contributed by atoms with Crippen LogP contribution in [0.5, 0.6) is 0 Å². The van der Waals surface area contributed by atoms with E-state index in [0.717, 1.165) is 22.0 Å². The quantitative estimate of drug-likeness (QED) is 0.700. The van der Waals surface area contributed by atoms with Crippen LogP contribution < -0.4 is 0 Å². The van der Waals surface area contributed by atoms with Crippen molar-refractivity contribution in [3.63, 3.8) is 0 Å². The Morgan fingerprint density at radius 3 is 2.25 bits per heavy atom. The Balaban J connectivity index is 2.96. The number of alkyl halides is 1. The molecule has 0 aliphatic heterocycles. The first-order valence-electron chi connectivity index (χ1n) is 3.68. The highest BCUT2D eigenvalue weighted by molar-refractivity contribution is 9.09. The summed E-state index contributed by atoms with van der Waals surface area (Å²) in [4.78, 5) is 0.398. The summed E-state index contributed by atoms with van der Waals surface area (Å²) in [5.41, 5.74) is 1.02. The maximum atomic E-state index is 5.97. The van der Waals surface area contributed by atoms with Gasteiger partial charge in [0.25, 0.3) is 0 Å². The second kappa shape index (κ2) is 4.50. The minimum absolute atomic E-state index is 0.398. The molecule has 12 heavy (non-hydrogen) atoms. The zero-order valence-corrected chi connectivity index (χ0v) is 9.75. The summed E-state index contributed by atoms with van der Waals surface area (Å²) in [5.74, 6) is 0. The highest BCUT2D eigenvalue weighted by Gasteiger charge is 2.07. The average molecular weight is 268 g/mol. The number of hydrogen-bond donors (Lipinski definition) is 0. The van der Waals surface area contributed by atoms with Crippen LogP contribution in [0.2, 0.25) is 10.0 Å². The van der Waals surface area contributed by atoms with Crippen molar-refractivity contribution in [2.24, 2.45) is 0 Å². The van der Waals surface area contributed by atoms with Crippen molar-refractivity contribution in [2.45, 2.75) is 18.2 Å². The lowest BCUT2D eigenvalue weighted by Gasteiger charge is -2.07. The van der Waals surface area contributed by atoms with E-state index in [2.05, 4.69) is 22.9 Å². The SMILES string of the molecule is CC(Br)Cc1c(Cl)cccc1Cl. The molecule has 0 saturated carbocycles. The highest BCUT2D eigenvalue weighted by Crippen LogP contribution is 2.26. The van der Waals surface area contributed by atoms with Crippen LogP contribution in [0.3, 0.4) is 0 Å². The highest BCUT2D eigenvalue weighted by atomic mass is 79.9. The molecule has 66 valence electrons. The fourth-order valence-corrected chi connectivity index (χ4v) is 1.88. The Morgan fingerprint density at radius 2 is 1.83 bits per heavy atom. The predicted octanol–water partition coefficient (Wildman–Crippen LogP) is 4.32. The largest absolute Gasteiger partial charge is 0.0890 e. The number of benzene rings is 1. The van der Waals surface area contributed by atoms with E-state index in [1.165, 1.54) is 0 Å². The van der Waals surface area contributed by atoms with E-state index in [0.29, 0.717) is 4.83 Å². The van der Waals surface area contributed by atoms with Crippen LogP contribution in [0.15, 0.2) is 18.2 Å². The summed E-state index contributed by atoms with van der Waals surface area (Å²) in [6.07, 6.45) is 0.860. The predicted molar refractivity (Wildman–Crippen MR) is 58.6 cm³/mol. The van der Waals surface area contributed by atoms with Crippen molar-refractivity contribution in [2.75, 3.05) is 0 Å². The van der Waals surface area contributed by atoms with Crippen molar-refractivity contribution >= 4 is 39.1 Å². The molecule has 0 heterocycles. The zero-order chi connectivity index (χ0) is 9.14. The van der Waals surface area contributed by atoms with Crippen LogP contribution >= 0.6 is 39.1 Å². The number of halogens is 3. The summed E-state index contributed by atoms with van der Waals surface area (Å²) in [7, 11) is 0. The maximum Gasteiger partial charge on any atom is 0.0453 e. The van der Waals surface area contributed by atoms with Gasteiger partial charge >= 0.3 is 0 Å². The topological polar surface area (TPSA) is 0 Å². The van der Waals surface area contributed by atoms with E-state index in [4.69, 9.17) is 23.2 Å². The van der Waals surface area contributed by atoms with Gasteiger partial charge in [0, 0.05) is 14.9 Å². The molecule has 0 spiro atoms.